The van der Waals surface area contributed by atoms with Crippen molar-refractivity contribution in [2.75, 3.05) is 11.9 Å². The van der Waals surface area contributed by atoms with E-state index in [4.69, 9.17) is 0 Å². The van der Waals surface area contributed by atoms with Crippen LogP contribution in [0.15, 0.2) is 24.3 Å². The zero-order valence-corrected chi connectivity index (χ0v) is 14.2. The predicted molar refractivity (Wildman–Crippen MR) is 93.3 cm³/mol. The summed E-state index contributed by atoms with van der Waals surface area (Å²) in [5, 5.41) is 3.12. The summed E-state index contributed by atoms with van der Waals surface area (Å²) in [5.41, 5.74) is 1.96. The molecule has 3 atom stereocenters. The SMILES string of the molecule is O=C(Nc1cccc(CN2CCCCC2=O)c1)[C@H]1C[C@H]2CC[C@H]1C2. The molecule has 4 rings (SSSR count). The fourth-order valence-electron chi connectivity index (χ4n) is 4.80. The van der Waals surface area contributed by atoms with Gasteiger partial charge in [-0.1, -0.05) is 18.6 Å². The Hall–Kier alpha value is -1.84. The predicted octanol–water partition coefficient (Wildman–Crippen LogP) is 3.57. The highest BCUT2D eigenvalue weighted by molar-refractivity contribution is 5.93. The number of piperidine rings is 1. The van der Waals surface area contributed by atoms with Gasteiger partial charge >= 0.3 is 0 Å². The third-order valence-electron chi connectivity index (χ3n) is 6.06. The average molecular weight is 326 g/mol. The molecule has 3 fully saturated rings. The zero-order valence-electron chi connectivity index (χ0n) is 14.2. The minimum Gasteiger partial charge on any atom is -0.338 e. The molecule has 2 amide bonds. The molecule has 0 radical (unpaired) electrons. The first-order valence-corrected chi connectivity index (χ1v) is 9.36. The second-order valence-corrected chi connectivity index (χ2v) is 7.74. The van der Waals surface area contributed by atoms with Crippen molar-refractivity contribution >= 4 is 17.5 Å². The summed E-state index contributed by atoms with van der Waals surface area (Å²) in [5.74, 6) is 2.02. The average Bonchev–Trinajstić information content (AvgIpc) is 3.20. The van der Waals surface area contributed by atoms with Gasteiger partial charge in [0, 0.05) is 31.1 Å². The Morgan fingerprint density at radius 2 is 2.12 bits per heavy atom. The van der Waals surface area contributed by atoms with Crippen molar-refractivity contribution in [2.24, 2.45) is 17.8 Å². The van der Waals surface area contributed by atoms with E-state index in [1.807, 2.05) is 29.2 Å². The fourth-order valence-corrected chi connectivity index (χ4v) is 4.80. The van der Waals surface area contributed by atoms with Crippen molar-refractivity contribution in [3.63, 3.8) is 0 Å². The number of likely N-dealkylation sites (tertiary alicyclic amines) is 1. The highest BCUT2D eigenvalue weighted by atomic mass is 16.2. The first-order valence-electron chi connectivity index (χ1n) is 9.36. The second kappa shape index (κ2) is 6.58. The minimum absolute atomic E-state index is 0.188. The first kappa shape index (κ1) is 15.7. The molecule has 1 aromatic carbocycles. The van der Waals surface area contributed by atoms with Gasteiger partial charge < -0.3 is 10.2 Å². The molecule has 0 unspecified atom stereocenters. The smallest absolute Gasteiger partial charge is 0.227 e. The molecule has 1 aromatic rings. The van der Waals surface area contributed by atoms with Gasteiger partial charge in [-0.25, -0.2) is 0 Å². The maximum Gasteiger partial charge on any atom is 0.227 e. The molecular weight excluding hydrogens is 300 g/mol. The van der Waals surface area contributed by atoms with Crippen LogP contribution in [0.3, 0.4) is 0 Å². The van der Waals surface area contributed by atoms with E-state index in [1.54, 1.807) is 0 Å². The largest absolute Gasteiger partial charge is 0.338 e. The number of benzene rings is 1. The molecule has 1 aliphatic heterocycles. The quantitative estimate of drug-likeness (QED) is 0.919. The standard InChI is InChI=1S/C20H26N2O2/c23-19-6-1-2-9-22(19)13-15-4-3-5-17(11-15)21-20(24)18-12-14-7-8-16(18)10-14/h3-5,11,14,16,18H,1-2,6-10,12-13H2,(H,21,24)/t14-,16-,18-/m0/s1. The van der Waals surface area contributed by atoms with Crippen molar-refractivity contribution < 1.29 is 9.59 Å². The molecule has 1 N–H and O–H groups in total. The topological polar surface area (TPSA) is 49.4 Å². The Morgan fingerprint density at radius 3 is 2.88 bits per heavy atom. The maximum absolute atomic E-state index is 12.6. The molecule has 3 aliphatic rings. The third kappa shape index (κ3) is 3.19. The monoisotopic (exact) mass is 326 g/mol. The fraction of sp³-hybridized carbons (Fsp3) is 0.600. The van der Waals surface area contributed by atoms with Gasteiger partial charge in [0.2, 0.25) is 11.8 Å². The summed E-state index contributed by atoms with van der Waals surface area (Å²) in [6.45, 7) is 1.50. The van der Waals surface area contributed by atoms with E-state index >= 15 is 0 Å². The van der Waals surface area contributed by atoms with Crippen molar-refractivity contribution in [3.05, 3.63) is 29.8 Å². The van der Waals surface area contributed by atoms with E-state index in [0.29, 0.717) is 18.9 Å². The lowest BCUT2D eigenvalue weighted by Gasteiger charge is -2.27. The molecule has 1 saturated heterocycles. The van der Waals surface area contributed by atoms with Crippen LogP contribution in [0.1, 0.15) is 50.5 Å². The van der Waals surface area contributed by atoms with Crippen LogP contribution in [0.2, 0.25) is 0 Å². The molecule has 128 valence electrons. The van der Waals surface area contributed by atoms with Crippen LogP contribution in [0.5, 0.6) is 0 Å². The zero-order chi connectivity index (χ0) is 16.5. The van der Waals surface area contributed by atoms with E-state index in [-0.39, 0.29) is 17.7 Å². The summed E-state index contributed by atoms with van der Waals surface area (Å²) < 4.78 is 0. The number of anilines is 1. The number of carbonyl (C=O) groups is 2. The number of amides is 2. The van der Waals surface area contributed by atoms with Gasteiger partial charge in [0.25, 0.3) is 0 Å². The van der Waals surface area contributed by atoms with Crippen LogP contribution < -0.4 is 5.32 Å². The summed E-state index contributed by atoms with van der Waals surface area (Å²) in [4.78, 5) is 26.5. The molecule has 0 spiro atoms. The molecule has 0 aromatic heterocycles. The molecule has 2 saturated carbocycles. The van der Waals surface area contributed by atoms with Crippen LogP contribution in [0, 0.1) is 17.8 Å². The third-order valence-corrected chi connectivity index (χ3v) is 6.06. The number of fused-ring (bicyclic) bond motifs is 2. The summed E-state index contributed by atoms with van der Waals surface area (Å²) in [6, 6.07) is 7.98. The van der Waals surface area contributed by atoms with Crippen molar-refractivity contribution in [2.45, 2.75) is 51.5 Å². The van der Waals surface area contributed by atoms with Gasteiger partial charge in [-0.2, -0.15) is 0 Å². The van der Waals surface area contributed by atoms with Crippen LogP contribution in [0.25, 0.3) is 0 Å². The number of hydrogen-bond acceptors (Lipinski definition) is 2. The van der Waals surface area contributed by atoms with Gasteiger partial charge in [0.1, 0.15) is 0 Å². The lowest BCUT2D eigenvalue weighted by Crippen LogP contribution is -2.34. The number of rotatable bonds is 4. The molecule has 2 aliphatic carbocycles. The van der Waals surface area contributed by atoms with Gasteiger partial charge in [0.05, 0.1) is 0 Å². The van der Waals surface area contributed by atoms with E-state index in [2.05, 4.69) is 5.32 Å². The Morgan fingerprint density at radius 1 is 1.21 bits per heavy atom. The molecular formula is C20H26N2O2. The normalized spacial score (nSPS) is 29.1. The van der Waals surface area contributed by atoms with E-state index in [1.165, 1.54) is 19.3 Å². The van der Waals surface area contributed by atoms with Crippen molar-refractivity contribution in [1.82, 2.24) is 4.90 Å². The van der Waals surface area contributed by atoms with Gasteiger partial charge in [0.15, 0.2) is 0 Å². The summed E-state index contributed by atoms with van der Waals surface area (Å²) in [7, 11) is 0. The first-order chi connectivity index (χ1) is 11.7. The van der Waals surface area contributed by atoms with Gasteiger partial charge in [-0.15, -0.1) is 0 Å². The van der Waals surface area contributed by atoms with Crippen LogP contribution >= 0.6 is 0 Å². The number of carbonyl (C=O) groups excluding carboxylic acids is 2. The Balaban J connectivity index is 1.39. The van der Waals surface area contributed by atoms with E-state index in [0.717, 1.165) is 43.0 Å². The van der Waals surface area contributed by atoms with Gasteiger partial charge in [-0.3, -0.25) is 9.59 Å². The molecule has 2 bridgehead atoms. The van der Waals surface area contributed by atoms with Crippen LogP contribution in [0.4, 0.5) is 5.69 Å². The summed E-state index contributed by atoms with van der Waals surface area (Å²) >= 11 is 0. The van der Waals surface area contributed by atoms with Gasteiger partial charge in [-0.05, 0) is 61.6 Å². The lowest BCUT2D eigenvalue weighted by atomic mass is 9.88. The molecule has 4 nitrogen and oxygen atoms in total. The van der Waals surface area contributed by atoms with E-state index in [9.17, 15) is 9.59 Å². The Kier molecular flexibility index (Phi) is 4.30. The van der Waals surface area contributed by atoms with Crippen LogP contribution in [-0.2, 0) is 16.1 Å². The van der Waals surface area contributed by atoms with Crippen molar-refractivity contribution in [3.8, 4) is 0 Å². The Labute approximate surface area is 143 Å². The van der Waals surface area contributed by atoms with E-state index < -0.39 is 0 Å². The second-order valence-electron chi connectivity index (χ2n) is 7.74. The number of hydrogen-bond donors (Lipinski definition) is 1. The lowest BCUT2D eigenvalue weighted by molar-refractivity contribution is -0.133. The molecule has 4 heteroatoms. The number of nitrogens with zero attached hydrogens (tertiary/aromatic N) is 1. The Bertz CT molecular complexity index is 642. The maximum atomic E-state index is 12.6. The minimum atomic E-state index is 0.188. The number of nitrogens with one attached hydrogen (secondary N) is 1. The highest BCUT2D eigenvalue weighted by Crippen LogP contribution is 2.48. The highest BCUT2D eigenvalue weighted by Gasteiger charge is 2.43. The summed E-state index contributed by atoms with van der Waals surface area (Å²) in [6.07, 6.45) is 7.61. The van der Waals surface area contributed by atoms with Crippen molar-refractivity contribution in [1.29, 1.82) is 0 Å². The van der Waals surface area contributed by atoms with Crippen LogP contribution in [-0.4, -0.2) is 23.3 Å². The molecule has 1 heterocycles. The molecule has 24 heavy (non-hydrogen) atoms.